The molecule has 0 bridgehead atoms. The number of rotatable bonds is 13. The number of halogens is 2. The molecule has 33 heavy (non-hydrogen) atoms. The third-order valence-corrected chi connectivity index (χ3v) is 6.95. The number of para-hydroxylation sites is 1. The Labute approximate surface area is 206 Å². The Morgan fingerprint density at radius 2 is 1.70 bits per heavy atom. The van der Waals surface area contributed by atoms with Gasteiger partial charge in [-0.3, -0.25) is 0 Å². The molecule has 10 heteroatoms. The van der Waals surface area contributed by atoms with Gasteiger partial charge in [-0.25, -0.2) is 17.9 Å². The van der Waals surface area contributed by atoms with Crippen molar-refractivity contribution in [3.63, 3.8) is 0 Å². The van der Waals surface area contributed by atoms with Gasteiger partial charge in [0.1, 0.15) is 4.90 Å². The number of carbonyl (C=O) groups is 1. The average Bonchev–Trinajstić information content (AvgIpc) is 2.72. The van der Waals surface area contributed by atoms with E-state index in [9.17, 15) is 13.2 Å². The molecule has 7 nitrogen and oxygen atoms in total. The topological polar surface area (TPSA) is 99.3 Å². The molecule has 2 rings (SSSR count). The molecule has 0 unspecified atom stereocenters. The van der Waals surface area contributed by atoms with Gasteiger partial charge in [-0.15, -0.1) is 0 Å². The highest BCUT2D eigenvalue weighted by molar-refractivity contribution is 7.89. The van der Waals surface area contributed by atoms with E-state index in [-0.39, 0.29) is 22.0 Å². The van der Waals surface area contributed by atoms with Crippen LogP contribution in [0.2, 0.25) is 10.0 Å². The minimum atomic E-state index is -3.68. The maximum atomic E-state index is 12.4. The highest BCUT2D eigenvalue weighted by Crippen LogP contribution is 2.24. The Morgan fingerprint density at radius 1 is 1.00 bits per heavy atom. The van der Waals surface area contributed by atoms with Crippen LogP contribution in [-0.2, 0) is 10.0 Å². The molecule has 182 valence electrons. The van der Waals surface area contributed by atoms with Crippen molar-refractivity contribution in [2.75, 3.05) is 25.0 Å². The van der Waals surface area contributed by atoms with E-state index in [0.717, 1.165) is 18.5 Å². The molecular weight excluding hydrogens is 483 g/mol. The van der Waals surface area contributed by atoms with Gasteiger partial charge < -0.3 is 16.0 Å². The molecule has 1 atom stereocenters. The number of sulfonamides is 1. The van der Waals surface area contributed by atoms with Crippen molar-refractivity contribution in [1.29, 1.82) is 0 Å². The molecule has 4 N–H and O–H groups in total. The number of urea groups is 1. The molecule has 0 fully saturated rings. The number of hydrogen-bond acceptors (Lipinski definition) is 4. The van der Waals surface area contributed by atoms with Crippen molar-refractivity contribution in [3.05, 3.63) is 58.6 Å². The molecule has 0 aliphatic carbocycles. The fraction of sp³-hybridized carbons (Fsp3) is 0.435. The minimum Gasteiger partial charge on any atom is -0.334 e. The number of anilines is 1. The van der Waals surface area contributed by atoms with E-state index in [1.165, 1.54) is 18.2 Å². The number of hydrogen-bond donors (Lipinski definition) is 4. The van der Waals surface area contributed by atoms with Gasteiger partial charge in [-0.2, -0.15) is 0 Å². The maximum absolute atomic E-state index is 12.4. The second-order valence-electron chi connectivity index (χ2n) is 8.17. The number of benzene rings is 2. The second kappa shape index (κ2) is 13.8. The Hall–Kier alpha value is -1.84. The first-order chi connectivity index (χ1) is 15.7. The fourth-order valence-corrected chi connectivity index (χ4v) is 5.11. The van der Waals surface area contributed by atoms with Crippen molar-refractivity contribution in [2.45, 2.75) is 44.0 Å². The second-order valence-corrected chi connectivity index (χ2v) is 10.8. The van der Waals surface area contributed by atoms with Gasteiger partial charge in [0, 0.05) is 29.8 Å². The lowest BCUT2D eigenvalue weighted by molar-refractivity contribution is 0.246. The number of carbonyl (C=O) groups excluding carboxylic acids is 1. The van der Waals surface area contributed by atoms with E-state index in [0.29, 0.717) is 37.0 Å². The van der Waals surface area contributed by atoms with E-state index in [4.69, 9.17) is 23.2 Å². The van der Waals surface area contributed by atoms with E-state index >= 15 is 0 Å². The maximum Gasteiger partial charge on any atom is 0.319 e. The standard InChI is InChI=1S/C23H32Cl2N4O3S/c1-17(2)14-20(29-23(30)28-19-8-4-3-5-9-19)16-26-12-6-7-13-27-33(31,32)22-11-10-18(24)15-21(22)25/h3-5,8-11,15,17,20,26-27H,6-7,12-14,16H2,1-2H3,(H2,28,29,30)/t20-/m1/s1. The van der Waals surface area contributed by atoms with Crippen LogP contribution in [0.15, 0.2) is 53.4 Å². The summed E-state index contributed by atoms with van der Waals surface area (Å²) in [6, 6.07) is 13.4. The Bertz CT molecular complexity index is 988. The molecule has 0 saturated carbocycles. The van der Waals surface area contributed by atoms with Gasteiger partial charge in [0.05, 0.1) is 5.02 Å². The Balaban J connectivity index is 1.69. The molecule has 0 aromatic heterocycles. The van der Waals surface area contributed by atoms with E-state index in [1.54, 1.807) is 0 Å². The highest BCUT2D eigenvalue weighted by atomic mass is 35.5. The summed E-state index contributed by atoms with van der Waals surface area (Å²) in [6.07, 6.45) is 2.28. The van der Waals surface area contributed by atoms with Crippen LogP contribution >= 0.6 is 23.2 Å². The summed E-state index contributed by atoms with van der Waals surface area (Å²) in [5.41, 5.74) is 0.744. The number of unbranched alkanes of at least 4 members (excludes halogenated alkanes) is 1. The molecule has 2 aromatic rings. The first-order valence-electron chi connectivity index (χ1n) is 11.0. The van der Waals surface area contributed by atoms with Crippen LogP contribution in [0.1, 0.15) is 33.1 Å². The summed E-state index contributed by atoms with van der Waals surface area (Å²) in [5, 5.41) is 9.68. The van der Waals surface area contributed by atoms with Gasteiger partial charge in [0.25, 0.3) is 0 Å². The first kappa shape index (κ1) is 27.4. The van der Waals surface area contributed by atoms with Crippen LogP contribution < -0.4 is 20.7 Å². The van der Waals surface area contributed by atoms with Crippen LogP contribution in [0.25, 0.3) is 0 Å². The molecule has 0 heterocycles. The van der Waals surface area contributed by atoms with Gasteiger partial charge >= 0.3 is 6.03 Å². The highest BCUT2D eigenvalue weighted by Gasteiger charge is 2.17. The minimum absolute atomic E-state index is 0.0146. The molecule has 0 aliphatic rings. The molecule has 2 amide bonds. The smallest absolute Gasteiger partial charge is 0.319 e. The molecule has 0 radical (unpaired) electrons. The zero-order chi connectivity index (χ0) is 24.3. The molecule has 0 saturated heterocycles. The monoisotopic (exact) mass is 514 g/mol. The third kappa shape index (κ3) is 10.3. The Morgan fingerprint density at radius 3 is 2.36 bits per heavy atom. The zero-order valence-electron chi connectivity index (χ0n) is 18.9. The normalized spacial score (nSPS) is 12.5. The molecule has 0 aliphatic heterocycles. The van der Waals surface area contributed by atoms with E-state index in [1.807, 2.05) is 30.3 Å². The van der Waals surface area contributed by atoms with Gasteiger partial charge in [-0.1, -0.05) is 55.2 Å². The first-order valence-corrected chi connectivity index (χ1v) is 13.2. The van der Waals surface area contributed by atoms with Gasteiger partial charge in [0.15, 0.2) is 0 Å². The lowest BCUT2D eigenvalue weighted by atomic mass is 10.0. The summed E-state index contributed by atoms with van der Waals surface area (Å²) < 4.78 is 27.3. The van der Waals surface area contributed by atoms with E-state index in [2.05, 4.69) is 34.5 Å². The molecule has 2 aromatic carbocycles. The van der Waals surface area contributed by atoms with Crippen molar-refractivity contribution in [3.8, 4) is 0 Å². The van der Waals surface area contributed by atoms with Crippen molar-refractivity contribution in [1.82, 2.24) is 15.4 Å². The number of amides is 2. The summed E-state index contributed by atoms with van der Waals surface area (Å²) in [4.78, 5) is 12.3. The number of nitrogens with one attached hydrogen (secondary N) is 4. The lowest BCUT2D eigenvalue weighted by Gasteiger charge is -2.21. The van der Waals surface area contributed by atoms with Crippen LogP contribution in [-0.4, -0.2) is 40.1 Å². The largest absolute Gasteiger partial charge is 0.334 e. The summed E-state index contributed by atoms with van der Waals surface area (Å²) in [6.45, 7) is 5.87. The van der Waals surface area contributed by atoms with Crippen LogP contribution in [0.4, 0.5) is 10.5 Å². The molecular formula is C23H32Cl2N4O3S. The predicted molar refractivity (Wildman–Crippen MR) is 136 cm³/mol. The SMILES string of the molecule is CC(C)C[C@H](CNCCCCNS(=O)(=O)c1ccc(Cl)cc1Cl)NC(=O)Nc1ccccc1. The van der Waals surface area contributed by atoms with Crippen LogP contribution in [0, 0.1) is 5.92 Å². The predicted octanol–water partition coefficient (Wildman–Crippen LogP) is 4.88. The zero-order valence-corrected chi connectivity index (χ0v) is 21.2. The summed E-state index contributed by atoms with van der Waals surface area (Å²) in [7, 11) is -3.68. The summed E-state index contributed by atoms with van der Waals surface area (Å²) >= 11 is 11.8. The summed E-state index contributed by atoms with van der Waals surface area (Å²) in [5.74, 6) is 0.433. The Kier molecular flexibility index (Phi) is 11.4. The van der Waals surface area contributed by atoms with E-state index < -0.39 is 10.0 Å². The van der Waals surface area contributed by atoms with Gasteiger partial charge in [-0.05, 0) is 62.1 Å². The van der Waals surface area contributed by atoms with Crippen molar-refractivity contribution < 1.29 is 13.2 Å². The fourth-order valence-electron chi connectivity index (χ4n) is 3.27. The molecule has 0 spiro atoms. The van der Waals surface area contributed by atoms with Crippen molar-refractivity contribution in [2.24, 2.45) is 5.92 Å². The third-order valence-electron chi connectivity index (χ3n) is 4.77. The van der Waals surface area contributed by atoms with Crippen LogP contribution in [0.3, 0.4) is 0 Å². The quantitative estimate of drug-likeness (QED) is 0.286. The average molecular weight is 516 g/mol. The van der Waals surface area contributed by atoms with Gasteiger partial charge in [0.2, 0.25) is 10.0 Å². The van der Waals surface area contributed by atoms with Crippen LogP contribution in [0.5, 0.6) is 0 Å². The lowest BCUT2D eigenvalue weighted by Crippen LogP contribution is -2.44. The van der Waals surface area contributed by atoms with Crippen molar-refractivity contribution >= 4 is 44.9 Å².